The Kier molecular flexibility index (Phi) is 10.2. The highest BCUT2D eigenvalue weighted by atomic mass is 16.6. The summed E-state index contributed by atoms with van der Waals surface area (Å²) in [6.07, 6.45) is 28.6. The summed E-state index contributed by atoms with van der Waals surface area (Å²) < 4.78 is 9.34. The summed E-state index contributed by atoms with van der Waals surface area (Å²) >= 11 is 0. The van der Waals surface area contributed by atoms with Gasteiger partial charge >= 0.3 is 0 Å². The van der Waals surface area contributed by atoms with E-state index in [9.17, 15) is 14.9 Å². The zero-order valence-corrected chi connectivity index (χ0v) is 35.9. The summed E-state index contributed by atoms with van der Waals surface area (Å²) in [6.45, 7) is 0. The van der Waals surface area contributed by atoms with Gasteiger partial charge in [0.1, 0.15) is 19.8 Å². The van der Waals surface area contributed by atoms with Crippen molar-refractivity contribution >= 4 is 56.7 Å². The number of nitrogens with one attached hydrogen (secondary N) is 2. The molecule has 0 fully saturated rings. The number of nitro benzene ring substituents is 1. The van der Waals surface area contributed by atoms with Gasteiger partial charge in [0, 0.05) is 89.1 Å². The summed E-state index contributed by atoms with van der Waals surface area (Å²) in [5.41, 5.74) is 14.2. The van der Waals surface area contributed by atoms with Gasteiger partial charge in [0.25, 0.3) is 11.6 Å². The number of benzene rings is 2. The highest BCUT2D eigenvalue weighted by Gasteiger charge is 2.28. The van der Waals surface area contributed by atoms with Crippen molar-refractivity contribution in [1.29, 1.82) is 0 Å². The van der Waals surface area contributed by atoms with Gasteiger partial charge in [0.2, 0.25) is 0 Å². The number of aromatic amines is 1. The summed E-state index contributed by atoms with van der Waals surface area (Å²) in [4.78, 5) is 46.2. The normalized spacial score (nSPS) is 16.2. The lowest BCUT2D eigenvalue weighted by Gasteiger charge is -2.16. The second-order valence-electron chi connectivity index (χ2n) is 15.9. The third-order valence-electron chi connectivity index (χ3n) is 11.6. The van der Waals surface area contributed by atoms with Crippen molar-refractivity contribution in [3.63, 3.8) is 0 Å². The molecule has 0 spiro atoms. The summed E-state index contributed by atoms with van der Waals surface area (Å²) in [6, 6.07) is 23.9. The van der Waals surface area contributed by atoms with Crippen LogP contribution in [0.15, 0.2) is 202 Å². The number of aryl methyl sites for hydroxylation is 2. The maximum atomic E-state index is 13.5. The number of carbonyl (C=O) groups excluding carboxylic acids is 1. The van der Waals surface area contributed by atoms with Crippen LogP contribution >= 0.6 is 0 Å². The van der Waals surface area contributed by atoms with E-state index in [-0.39, 0.29) is 17.0 Å². The molecule has 0 saturated heterocycles. The third kappa shape index (κ3) is 7.71. The third-order valence-corrected chi connectivity index (χ3v) is 11.6. The molecule has 2 aromatic carbocycles. The smallest absolute Gasteiger partial charge is 0.273 e. The van der Waals surface area contributed by atoms with E-state index in [4.69, 9.17) is 19.7 Å². The number of allylic oxidation sites excluding steroid dienone is 12. The van der Waals surface area contributed by atoms with Crippen LogP contribution in [0.1, 0.15) is 38.4 Å². The zero-order chi connectivity index (χ0) is 44.8. The molecule has 13 nitrogen and oxygen atoms in total. The van der Waals surface area contributed by atoms with E-state index in [0.717, 1.165) is 90.2 Å². The molecular formula is C52H41N9O4+2. The molecule has 8 bridgehead atoms. The molecule has 10 rings (SSSR count). The van der Waals surface area contributed by atoms with Gasteiger partial charge < -0.3 is 19.9 Å². The maximum Gasteiger partial charge on any atom is 0.273 e. The van der Waals surface area contributed by atoms with Crippen LogP contribution in [-0.2, 0) is 14.1 Å². The van der Waals surface area contributed by atoms with Crippen LogP contribution in [0.25, 0.3) is 22.3 Å². The predicted molar refractivity (Wildman–Crippen MR) is 253 cm³/mol. The number of nitro groups is 1. The number of amides is 1. The Bertz CT molecular complexity index is 3240. The first-order chi connectivity index (χ1) is 31.6. The fraction of sp³-hybridized carbons (Fsp3) is 0.0769. The Hall–Kier alpha value is -8.84. The molecule has 3 aromatic heterocycles. The Morgan fingerprint density at radius 1 is 0.646 bits per heavy atom. The topological polar surface area (TPSA) is 145 Å². The SMILES string of the molecule is COc1cc([N+](=O)[O-])ccc1C(=O)Nc1ccc(C2=C3C=CC(=N3)C(c3cc[n+](C)cc3)=C3C=CC(=N3)C(c3cc[n+](C)cc3)=C3C=CC(=N3)C(=C3C=CN(C)C=C3)c3ccc2[nH]3)cc1. The van der Waals surface area contributed by atoms with Crippen LogP contribution in [0.4, 0.5) is 11.4 Å². The van der Waals surface area contributed by atoms with Crippen LogP contribution < -0.4 is 19.2 Å². The molecule has 0 radical (unpaired) electrons. The lowest BCUT2D eigenvalue weighted by Crippen LogP contribution is -2.26. The molecule has 13 heteroatoms. The molecule has 0 saturated carbocycles. The number of anilines is 1. The molecule has 0 unspecified atom stereocenters. The molecule has 8 heterocycles. The summed E-state index contributed by atoms with van der Waals surface area (Å²) in [5.74, 6) is -0.369. The number of non-ortho nitro benzene ring substituents is 1. The molecular weight excluding hydrogens is 815 g/mol. The van der Waals surface area contributed by atoms with E-state index in [2.05, 4.69) is 83.2 Å². The average molecular weight is 856 g/mol. The number of methoxy groups -OCH3 is 1. The minimum atomic E-state index is -0.531. The second-order valence-corrected chi connectivity index (χ2v) is 15.9. The zero-order valence-electron chi connectivity index (χ0n) is 35.9. The number of hydrogen-bond donors (Lipinski definition) is 2. The van der Waals surface area contributed by atoms with Gasteiger partial charge in [-0.15, -0.1) is 0 Å². The largest absolute Gasteiger partial charge is 0.496 e. The molecule has 5 aromatic rings. The van der Waals surface area contributed by atoms with Crippen molar-refractivity contribution in [2.45, 2.75) is 0 Å². The lowest BCUT2D eigenvalue weighted by molar-refractivity contribution is -0.671. The summed E-state index contributed by atoms with van der Waals surface area (Å²) in [7, 11) is 7.35. The Morgan fingerprint density at radius 3 is 1.66 bits per heavy atom. The molecule has 65 heavy (non-hydrogen) atoms. The van der Waals surface area contributed by atoms with Gasteiger partial charge in [-0.3, -0.25) is 14.9 Å². The van der Waals surface area contributed by atoms with E-state index in [0.29, 0.717) is 5.69 Å². The number of hydrogen-bond acceptors (Lipinski definition) is 8. The number of pyridine rings is 2. The number of aromatic nitrogens is 3. The first-order valence-corrected chi connectivity index (χ1v) is 20.8. The summed E-state index contributed by atoms with van der Waals surface area (Å²) in [5, 5.41) is 14.3. The van der Waals surface area contributed by atoms with Crippen molar-refractivity contribution in [3.05, 3.63) is 231 Å². The number of rotatable bonds is 7. The van der Waals surface area contributed by atoms with Crippen molar-refractivity contribution in [1.82, 2.24) is 9.88 Å². The van der Waals surface area contributed by atoms with E-state index < -0.39 is 10.8 Å². The van der Waals surface area contributed by atoms with E-state index >= 15 is 0 Å². The highest BCUT2D eigenvalue weighted by Crippen LogP contribution is 2.39. The van der Waals surface area contributed by atoms with Crippen molar-refractivity contribution < 1.29 is 23.6 Å². The molecule has 5 aliphatic heterocycles. The molecule has 316 valence electrons. The van der Waals surface area contributed by atoms with Crippen molar-refractivity contribution in [2.24, 2.45) is 29.1 Å². The predicted octanol–water partition coefficient (Wildman–Crippen LogP) is 8.19. The van der Waals surface area contributed by atoms with E-state index in [1.165, 1.54) is 25.3 Å². The molecule has 0 atom stereocenters. The van der Waals surface area contributed by atoms with Crippen LogP contribution in [0.3, 0.4) is 0 Å². The standard InChI is InChI=1S/C52H40N9O4/c1-58-25-19-33(20-26-58)49-41-13-11-39(54-41)48(32-5-7-36(8-6-32)53-52(62)38-10-9-37(61(63)64)31-47(38)65-4)40-12-14-42(55-40)50(34-21-27-59(2)28-22-34)44-16-18-46(57-44)51(45-17-15-43(49)56-45)35-23-29-60(3)30-24-35/h5-31H,1-4H3,(H-,53,54,55,56,57,62)/q+1/p+1. The first kappa shape index (κ1) is 40.2. The van der Waals surface area contributed by atoms with Gasteiger partial charge in [-0.05, 0) is 101 Å². The second kappa shape index (κ2) is 16.5. The Labute approximate surface area is 374 Å². The van der Waals surface area contributed by atoms with Crippen LogP contribution in [0, 0.1) is 10.1 Å². The van der Waals surface area contributed by atoms with Crippen LogP contribution in [0.5, 0.6) is 5.75 Å². The minimum Gasteiger partial charge on any atom is -0.496 e. The fourth-order valence-electron chi connectivity index (χ4n) is 8.25. The Morgan fingerprint density at radius 2 is 1.14 bits per heavy atom. The average Bonchev–Trinajstić information content (AvgIpc) is 4.17. The first-order valence-electron chi connectivity index (χ1n) is 20.8. The van der Waals surface area contributed by atoms with Crippen LogP contribution in [-0.4, -0.2) is 52.0 Å². The number of H-pyrrole nitrogens is 1. The molecule has 1 amide bonds. The van der Waals surface area contributed by atoms with E-state index in [1.807, 2.05) is 109 Å². The maximum absolute atomic E-state index is 13.5. The fourth-order valence-corrected chi connectivity index (χ4v) is 8.25. The molecule has 2 N–H and O–H groups in total. The van der Waals surface area contributed by atoms with Crippen molar-refractivity contribution in [3.8, 4) is 5.75 Å². The van der Waals surface area contributed by atoms with Crippen molar-refractivity contribution in [2.75, 3.05) is 19.5 Å². The van der Waals surface area contributed by atoms with Gasteiger partial charge in [0.05, 0.1) is 57.9 Å². The van der Waals surface area contributed by atoms with Crippen LogP contribution in [0.2, 0.25) is 0 Å². The highest BCUT2D eigenvalue weighted by molar-refractivity contribution is 6.37. The van der Waals surface area contributed by atoms with Gasteiger partial charge in [-0.2, -0.15) is 0 Å². The quantitative estimate of drug-likeness (QED) is 0.0964. The van der Waals surface area contributed by atoms with Gasteiger partial charge in [0.15, 0.2) is 24.8 Å². The van der Waals surface area contributed by atoms with E-state index in [1.54, 1.807) is 0 Å². The molecule has 0 aliphatic carbocycles. The van der Waals surface area contributed by atoms with Gasteiger partial charge in [-0.25, -0.2) is 24.1 Å². The number of ether oxygens (including phenoxy) is 1. The molecule has 5 aliphatic rings. The minimum absolute atomic E-state index is 0.0991. The number of fused-ring (bicyclic) bond motifs is 5. The monoisotopic (exact) mass is 855 g/mol. The Balaban J connectivity index is 1.15. The number of aliphatic imine (C=N–C) groups is 3. The number of carbonyl (C=O) groups is 1. The number of nitrogens with zero attached hydrogens (tertiary/aromatic N) is 7. The lowest BCUT2D eigenvalue weighted by atomic mass is 9.99. The van der Waals surface area contributed by atoms with Gasteiger partial charge in [-0.1, -0.05) is 12.1 Å².